The Balaban J connectivity index is 1.90. The molecule has 0 aliphatic heterocycles. The summed E-state index contributed by atoms with van der Waals surface area (Å²) >= 11 is 0. The summed E-state index contributed by atoms with van der Waals surface area (Å²) in [5.41, 5.74) is 1.22. The molecule has 0 atom stereocenters. The molecule has 0 saturated heterocycles. The summed E-state index contributed by atoms with van der Waals surface area (Å²) in [6, 6.07) is 11.7. The minimum absolute atomic E-state index is 0.195. The Labute approximate surface area is 105 Å². The molecule has 0 unspecified atom stereocenters. The van der Waals surface area contributed by atoms with Gasteiger partial charge in [0.05, 0.1) is 0 Å². The highest BCUT2D eigenvalue weighted by Gasteiger charge is 2.06. The molecule has 0 aliphatic rings. The van der Waals surface area contributed by atoms with Crippen molar-refractivity contribution in [2.75, 3.05) is 11.9 Å². The van der Waals surface area contributed by atoms with E-state index in [1.54, 1.807) is 6.07 Å². The van der Waals surface area contributed by atoms with Gasteiger partial charge < -0.3 is 10.4 Å². The van der Waals surface area contributed by atoms with Gasteiger partial charge in [0.2, 0.25) is 5.82 Å². The Morgan fingerprint density at radius 2 is 2.00 bits per heavy atom. The Bertz CT molecular complexity index is 529. The lowest BCUT2D eigenvalue weighted by Crippen LogP contribution is -2.10. The maximum atomic E-state index is 10.7. The third kappa shape index (κ3) is 3.28. The standard InChI is InChI=1S/C13H13N3O2/c17-13(18)12-15-9-7-11(16-12)14-8-6-10-4-2-1-3-5-10/h1-5,7,9H,6,8H2,(H,17,18)(H,14,15,16). The van der Waals surface area contributed by atoms with Crippen molar-refractivity contribution in [1.82, 2.24) is 9.97 Å². The maximum absolute atomic E-state index is 10.7. The van der Waals surface area contributed by atoms with Crippen LogP contribution in [0.2, 0.25) is 0 Å². The molecule has 1 heterocycles. The van der Waals surface area contributed by atoms with Gasteiger partial charge in [-0.1, -0.05) is 30.3 Å². The number of carboxylic acid groups (broad SMARTS) is 1. The predicted octanol–water partition coefficient (Wildman–Crippen LogP) is 1.83. The van der Waals surface area contributed by atoms with E-state index in [0.29, 0.717) is 12.4 Å². The smallest absolute Gasteiger partial charge is 0.374 e. The number of carboxylic acids is 1. The molecule has 0 amide bonds. The van der Waals surface area contributed by atoms with Crippen LogP contribution in [0, 0.1) is 0 Å². The highest BCUT2D eigenvalue weighted by Crippen LogP contribution is 2.04. The van der Waals surface area contributed by atoms with E-state index in [2.05, 4.69) is 15.3 Å². The van der Waals surface area contributed by atoms with Crippen LogP contribution in [-0.4, -0.2) is 27.6 Å². The van der Waals surface area contributed by atoms with Gasteiger partial charge in [0, 0.05) is 12.7 Å². The lowest BCUT2D eigenvalue weighted by Gasteiger charge is -2.05. The molecule has 0 spiro atoms. The second-order valence-electron chi connectivity index (χ2n) is 3.73. The second kappa shape index (κ2) is 5.77. The number of aromatic carboxylic acids is 1. The van der Waals surface area contributed by atoms with Crippen molar-refractivity contribution in [3.05, 3.63) is 54.0 Å². The van der Waals surface area contributed by atoms with Crippen LogP contribution in [0.5, 0.6) is 0 Å². The Morgan fingerprint density at radius 1 is 1.22 bits per heavy atom. The molecule has 1 aromatic carbocycles. The first-order valence-electron chi connectivity index (χ1n) is 5.60. The first-order valence-corrected chi connectivity index (χ1v) is 5.60. The van der Waals surface area contributed by atoms with E-state index in [0.717, 1.165) is 6.42 Å². The van der Waals surface area contributed by atoms with E-state index < -0.39 is 5.97 Å². The summed E-state index contributed by atoms with van der Waals surface area (Å²) < 4.78 is 0. The SMILES string of the molecule is O=C(O)c1nccc(NCCc2ccccc2)n1. The molecule has 5 nitrogen and oxygen atoms in total. The Hall–Kier alpha value is -2.43. The topological polar surface area (TPSA) is 75.1 Å². The van der Waals surface area contributed by atoms with E-state index in [1.807, 2.05) is 30.3 Å². The van der Waals surface area contributed by atoms with Crippen molar-refractivity contribution in [1.29, 1.82) is 0 Å². The van der Waals surface area contributed by atoms with Gasteiger partial charge >= 0.3 is 5.97 Å². The molecule has 2 N–H and O–H groups in total. The van der Waals surface area contributed by atoms with Gasteiger partial charge in [0.25, 0.3) is 0 Å². The summed E-state index contributed by atoms with van der Waals surface area (Å²) in [5.74, 6) is -0.792. The van der Waals surface area contributed by atoms with Crippen molar-refractivity contribution in [2.24, 2.45) is 0 Å². The number of anilines is 1. The van der Waals surface area contributed by atoms with E-state index >= 15 is 0 Å². The number of hydrogen-bond donors (Lipinski definition) is 2. The monoisotopic (exact) mass is 243 g/mol. The molecule has 2 rings (SSSR count). The number of hydrogen-bond acceptors (Lipinski definition) is 4. The van der Waals surface area contributed by atoms with E-state index in [-0.39, 0.29) is 5.82 Å². The molecule has 2 aromatic rings. The normalized spacial score (nSPS) is 10.0. The third-order valence-corrected chi connectivity index (χ3v) is 2.41. The van der Waals surface area contributed by atoms with Crippen LogP contribution < -0.4 is 5.32 Å². The molecule has 0 bridgehead atoms. The average Bonchev–Trinajstić information content (AvgIpc) is 2.40. The first kappa shape index (κ1) is 12.0. The minimum Gasteiger partial charge on any atom is -0.475 e. The van der Waals surface area contributed by atoms with Crippen LogP contribution >= 0.6 is 0 Å². The fourth-order valence-corrected chi connectivity index (χ4v) is 1.54. The number of carbonyl (C=O) groups is 1. The zero-order valence-corrected chi connectivity index (χ0v) is 9.71. The fourth-order valence-electron chi connectivity index (χ4n) is 1.54. The van der Waals surface area contributed by atoms with E-state index in [9.17, 15) is 4.79 Å². The number of aromatic nitrogens is 2. The van der Waals surface area contributed by atoms with Gasteiger partial charge in [-0.25, -0.2) is 14.8 Å². The lowest BCUT2D eigenvalue weighted by molar-refractivity contribution is 0.0683. The molecular weight excluding hydrogens is 230 g/mol. The highest BCUT2D eigenvalue weighted by atomic mass is 16.4. The summed E-state index contributed by atoms with van der Waals surface area (Å²) in [5, 5.41) is 11.8. The minimum atomic E-state index is -1.12. The molecule has 92 valence electrons. The quantitative estimate of drug-likeness (QED) is 0.838. The molecular formula is C13H13N3O2. The largest absolute Gasteiger partial charge is 0.475 e. The summed E-state index contributed by atoms with van der Waals surface area (Å²) in [7, 11) is 0. The summed E-state index contributed by atoms with van der Waals surface area (Å²) in [4.78, 5) is 18.2. The van der Waals surface area contributed by atoms with Crippen LogP contribution in [-0.2, 0) is 6.42 Å². The average molecular weight is 243 g/mol. The zero-order chi connectivity index (χ0) is 12.8. The maximum Gasteiger partial charge on any atom is 0.374 e. The van der Waals surface area contributed by atoms with Gasteiger partial charge in [-0.3, -0.25) is 0 Å². The molecule has 0 aliphatic carbocycles. The van der Waals surface area contributed by atoms with Crippen molar-refractivity contribution >= 4 is 11.8 Å². The van der Waals surface area contributed by atoms with E-state index in [1.165, 1.54) is 11.8 Å². The summed E-state index contributed by atoms with van der Waals surface area (Å²) in [6.45, 7) is 0.695. The molecule has 1 aromatic heterocycles. The molecule has 0 fully saturated rings. The molecule has 0 radical (unpaired) electrons. The molecule has 5 heteroatoms. The number of nitrogens with zero attached hydrogens (tertiary/aromatic N) is 2. The number of benzene rings is 1. The molecule has 0 saturated carbocycles. The van der Waals surface area contributed by atoms with Gasteiger partial charge in [0.15, 0.2) is 0 Å². The van der Waals surface area contributed by atoms with Crippen molar-refractivity contribution in [3.63, 3.8) is 0 Å². The van der Waals surface area contributed by atoms with Gasteiger partial charge in [0.1, 0.15) is 5.82 Å². The fraction of sp³-hybridized carbons (Fsp3) is 0.154. The van der Waals surface area contributed by atoms with Gasteiger partial charge in [-0.2, -0.15) is 0 Å². The van der Waals surface area contributed by atoms with Crippen molar-refractivity contribution < 1.29 is 9.90 Å². The highest BCUT2D eigenvalue weighted by molar-refractivity contribution is 5.83. The predicted molar refractivity (Wildman–Crippen MR) is 67.6 cm³/mol. The van der Waals surface area contributed by atoms with Crippen LogP contribution in [0.25, 0.3) is 0 Å². The van der Waals surface area contributed by atoms with Crippen molar-refractivity contribution in [2.45, 2.75) is 6.42 Å². The van der Waals surface area contributed by atoms with Crippen molar-refractivity contribution in [3.8, 4) is 0 Å². The van der Waals surface area contributed by atoms with Gasteiger partial charge in [-0.15, -0.1) is 0 Å². The van der Waals surface area contributed by atoms with Crippen LogP contribution in [0.1, 0.15) is 16.2 Å². The number of nitrogens with one attached hydrogen (secondary N) is 1. The zero-order valence-electron chi connectivity index (χ0n) is 9.71. The van der Waals surface area contributed by atoms with E-state index in [4.69, 9.17) is 5.11 Å². The third-order valence-electron chi connectivity index (χ3n) is 2.41. The van der Waals surface area contributed by atoms with Crippen LogP contribution in [0.15, 0.2) is 42.6 Å². The lowest BCUT2D eigenvalue weighted by atomic mass is 10.1. The Kier molecular flexibility index (Phi) is 3.86. The number of rotatable bonds is 5. The first-order chi connectivity index (χ1) is 8.75. The van der Waals surface area contributed by atoms with Crippen LogP contribution in [0.4, 0.5) is 5.82 Å². The van der Waals surface area contributed by atoms with Crippen LogP contribution in [0.3, 0.4) is 0 Å². The van der Waals surface area contributed by atoms with Gasteiger partial charge in [-0.05, 0) is 18.1 Å². The Morgan fingerprint density at radius 3 is 2.72 bits per heavy atom. The molecule has 18 heavy (non-hydrogen) atoms. The second-order valence-corrected chi connectivity index (χ2v) is 3.73. The summed E-state index contributed by atoms with van der Waals surface area (Å²) in [6.07, 6.45) is 2.29.